The number of nitrogens with one attached hydrogen (secondary N) is 2. The number of hydrogen-bond acceptors (Lipinski definition) is 4. The van der Waals surface area contributed by atoms with Crippen LogP contribution in [0.15, 0.2) is 53.4 Å². The second kappa shape index (κ2) is 6.62. The molecule has 7 heteroatoms. The molecule has 2 N–H and O–H groups in total. The Labute approximate surface area is 140 Å². The van der Waals surface area contributed by atoms with E-state index in [1.54, 1.807) is 6.07 Å². The molecule has 0 saturated carbocycles. The summed E-state index contributed by atoms with van der Waals surface area (Å²) >= 11 is 0. The summed E-state index contributed by atoms with van der Waals surface area (Å²) in [5.74, 6) is 0.160. The van der Waals surface area contributed by atoms with Gasteiger partial charge in [-0.05, 0) is 37.1 Å². The average molecular weight is 346 g/mol. The first-order chi connectivity index (χ1) is 11.4. The zero-order valence-corrected chi connectivity index (χ0v) is 14.0. The summed E-state index contributed by atoms with van der Waals surface area (Å²) < 4.78 is 33.0. The summed E-state index contributed by atoms with van der Waals surface area (Å²) in [6.45, 7) is 1.75. The molecule has 126 valence electrons. The Morgan fingerprint density at radius 3 is 2.71 bits per heavy atom. The molecular formula is C17H18N2O4S. The molecule has 1 heterocycles. The maximum Gasteiger partial charge on any atom is 0.262 e. The van der Waals surface area contributed by atoms with Gasteiger partial charge in [-0.3, -0.25) is 4.79 Å². The quantitative estimate of drug-likeness (QED) is 0.866. The number of sulfonamides is 1. The molecule has 2 aromatic rings. The molecule has 3 rings (SSSR count). The zero-order chi connectivity index (χ0) is 17.2. The highest BCUT2D eigenvalue weighted by atomic mass is 32.2. The number of hydrogen-bond donors (Lipinski definition) is 2. The third-order valence-electron chi connectivity index (χ3n) is 3.64. The van der Waals surface area contributed by atoms with Crippen molar-refractivity contribution in [1.29, 1.82) is 0 Å². The Balaban J connectivity index is 1.75. The predicted octanol–water partition coefficient (Wildman–Crippen LogP) is 1.93. The minimum atomic E-state index is -3.69. The Morgan fingerprint density at radius 2 is 1.96 bits per heavy atom. The van der Waals surface area contributed by atoms with Gasteiger partial charge in [0.15, 0.2) is 6.61 Å². The number of benzene rings is 2. The number of anilines is 1. The summed E-state index contributed by atoms with van der Waals surface area (Å²) in [7, 11) is -3.69. The maximum atomic E-state index is 12.5. The van der Waals surface area contributed by atoms with Gasteiger partial charge < -0.3 is 10.1 Å². The number of carbonyl (C=O) groups is 1. The van der Waals surface area contributed by atoms with Crippen LogP contribution in [-0.4, -0.2) is 27.0 Å². The van der Waals surface area contributed by atoms with E-state index in [1.165, 1.54) is 12.1 Å². The highest BCUT2D eigenvalue weighted by Gasteiger charge is 2.22. The number of amides is 1. The van der Waals surface area contributed by atoms with Crippen molar-refractivity contribution in [3.63, 3.8) is 0 Å². The lowest BCUT2D eigenvalue weighted by Gasteiger charge is -2.19. The molecule has 0 aliphatic carbocycles. The maximum absolute atomic E-state index is 12.5. The van der Waals surface area contributed by atoms with E-state index in [9.17, 15) is 13.2 Å². The Morgan fingerprint density at radius 1 is 1.21 bits per heavy atom. The van der Waals surface area contributed by atoms with Gasteiger partial charge >= 0.3 is 0 Å². The second-order valence-electron chi connectivity index (χ2n) is 5.71. The lowest BCUT2D eigenvalue weighted by Crippen LogP contribution is -2.34. The van der Waals surface area contributed by atoms with Crippen LogP contribution in [0, 0.1) is 0 Å². The van der Waals surface area contributed by atoms with Crippen LogP contribution < -0.4 is 14.8 Å². The largest absolute Gasteiger partial charge is 0.482 e. The number of ether oxygens (including phenoxy) is 1. The fourth-order valence-corrected chi connectivity index (χ4v) is 3.84. The minimum Gasteiger partial charge on any atom is -0.482 e. The van der Waals surface area contributed by atoms with E-state index in [1.807, 2.05) is 37.3 Å². The molecule has 0 spiro atoms. The molecule has 24 heavy (non-hydrogen) atoms. The molecule has 0 fully saturated rings. The topological polar surface area (TPSA) is 84.5 Å². The monoisotopic (exact) mass is 346 g/mol. The standard InChI is InChI=1S/C17H18N2O4S/c1-12(9-13-5-3-2-4-6-13)19-24(21,22)14-7-8-16-15(10-14)18-17(20)11-23-16/h2-8,10,12,19H,9,11H2,1H3,(H,18,20)/t12-/m1/s1. The van der Waals surface area contributed by atoms with Gasteiger partial charge in [0.25, 0.3) is 5.91 Å². The predicted molar refractivity (Wildman–Crippen MR) is 90.5 cm³/mol. The summed E-state index contributed by atoms with van der Waals surface area (Å²) in [5.41, 5.74) is 1.42. The van der Waals surface area contributed by atoms with Crippen molar-refractivity contribution in [2.75, 3.05) is 11.9 Å². The van der Waals surface area contributed by atoms with Crippen LogP contribution in [0.3, 0.4) is 0 Å². The SMILES string of the molecule is C[C@H](Cc1ccccc1)NS(=O)(=O)c1ccc2c(c1)NC(=O)CO2. The fourth-order valence-electron chi connectivity index (χ4n) is 2.57. The van der Waals surface area contributed by atoms with E-state index < -0.39 is 10.0 Å². The lowest BCUT2D eigenvalue weighted by molar-refractivity contribution is -0.118. The first kappa shape index (κ1) is 16.5. The van der Waals surface area contributed by atoms with Gasteiger partial charge in [-0.1, -0.05) is 30.3 Å². The van der Waals surface area contributed by atoms with Crippen molar-refractivity contribution in [2.24, 2.45) is 0 Å². The summed E-state index contributed by atoms with van der Waals surface area (Å²) in [4.78, 5) is 11.5. The van der Waals surface area contributed by atoms with E-state index in [0.29, 0.717) is 17.9 Å². The molecular weight excluding hydrogens is 328 g/mol. The lowest BCUT2D eigenvalue weighted by atomic mass is 10.1. The number of rotatable bonds is 5. The van der Waals surface area contributed by atoms with Gasteiger partial charge in [0.05, 0.1) is 10.6 Å². The molecule has 1 atom stereocenters. The number of carbonyl (C=O) groups excluding carboxylic acids is 1. The van der Waals surface area contributed by atoms with Crippen LogP contribution in [0.1, 0.15) is 12.5 Å². The van der Waals surface area contributed by atoms with E-state index in [4.69, 9.17) is 4.74 Å². The Kier molecular flexibility index (Phi) is 4.55. The van der Waals surface area contributed by atoms with Crippen molar-refractivity contribution in [2.45, 2.75) is 24.3 Å². The Hall–Kier alpha value is -2.38. The van der Waals surface area contributed by atoms with Gasteiger partial charge in [-0.25, -0.2) is 13.1 Å². The van der Waals surface area contributed by atoms with Crippen molar-refractivity contribution >= 4 is 21.6 Å². The first-order valence-electron chi connectivity index (χ1n) is 7.57. The van der Waals surface area contributed by atoms with Crippen molar-refractivity contribution in [3.05, 3.63) is 54.1 Å². The highest BCUT2D eigenvalue weighted by molar-refractivity contribution is 7.89. The van der Waals surface area contributed by atoms with Gasteiger partial charge in [0.2, 0.25) is 10.0 Å². The van der Waals surface area contributed by atoms with Crippen molar-refractivity contribution < 1.29 is 17.9 Å². The van der Waals surface area contributed by atoms with Crippen LogP contribution in [-0.2, 0) is 21.2 Å². The van der Waals surface area contributed by atoms with Crippen LogP contribution in [0.2, 0.25) is 0 Å². The summed E-state index contributed by atoms with van der Waals surface area (Å²) in [5, 5.41) is 2.61. The molecule has 6 nitrogen and oxygen atoms in total. The smallest absolute Gasteiger partial charge is 0.262 e. The van der Waals surface area contributed by atoms with E-state index >= 15 is 0 Å². The van der Waals surface area contributed by atoms with Crippen LogP contribution in [0.4, 0.5) is 5.69 Å². The molecule has 1 aliphatic rings. The van der Waals surface area contributed by atoms with E-state index in [0.717, 1.165) is 5.56 Å². The van der Waals surface area contributed by atoms with Gasteiger partial charge in [0.1, 0.15) is 5.75 Å². The van der Waals surface area contributed by atoms with E-state index in [-0.39, 0.29) is 23.5 Å². The molecule has 1 amide bonds. The fraction of sp³-hybridized carbons (Fsp3) is 0.235. The summed E-state index contributed by atoms with van der Waals surface area (Å²) in [6, 6.07) is 13.8. The first-order valence-corrected chi connectivity index (χ1v) is 9.05. The van der Waals surface area contributed by atoms with Crippen LogP contribution >= 0.6 is 0 Å². The van der Waals surface area contributed by atoms with Crippen LogP contribution in [0.25, 0.3) is 0 Å². The zero-order valence-electron chi connectivity index (χ0n) is 13.2. The normalized spacial score (nSPS) is 15.1. The molecule has 0 bridgehead atoms. The summed E-state index contributed by atoms with van der Waals surface area (Å²) in [6.07, 6.45) is 0.588. The molecule has 0 saturated heterocycles. The third kappa shape index (κ3) is 3.74. The van der Waals surface area contributed by atoms with Gasteiger partial charge in [0, 0.05) is 6.04 Å². The van der Waals surface area contributed by atoms with Gasteiger partial charge in [-0.15, -0.1) is 0 Å². The van der Waals surface area contributed by atoms with Crippen molar-refractivity contribution in [1.82, 2.24) is 4.72 Å². The van der Waals surface area contributed by atoms with Crippen LogP contribution in [0.5, 0.6) is 5.75 Å². The molecule has 0 unspecified atom stereocenters. The van der Waals surface area contributed by atoms with Crippen molar-refractivity contribution in [3.8, 4) is 5.75 Å². The van der Waals surface area contributed by atoms with E-state index in [2.05, 4.69) is 10.0 Å². The second-order valence-corrected chi connectivity index (χ2v) is 7.42. The average Bonchev–Trinajstić information content (AvgIpc) is 2.54. The molecule has 0 aromatic heterocycles. The molecule has 2 aromatic carbocycles. The number of fused-ring (bicyclic) bond motifs is 1. The third-order valence-corrected chi connectivity index (χ3v) is 5.22. The molecule has 1 aliphatic heterocycles. The molecule has 0 radical (unpaired) electrons. The highest BCUT2D eigenvalue weighted by Crippen LogP contribution is 2.30. The Bertz CT molecular complexity index is 850. The minimum absolute atomic E-state index is 0.0640. The van der Waals surface area contributed by atoms with Gasteiger partial charge in [-0.2, -0.15) is 0 Å².